The van der Waals surface area contributed by atoms with E-state index in [9.17, 15) is 4.79 Å². The molecule has 1 heterocycles. The largest absolute Gasteiger partial charge is 0.357 e. The zero-order valence-electron chi connectivity index (χ0n) is 15.1. The maximum Gasteiger partial charge on any atom is 0.222 e. The van der Waals surface area contributed by atoms with Crippen LogP contribution >= 0.6 is 24.0 Å². The molecule has 1 amide bonds. The minimum absolute atomic E-state index is 0. The number of rotatable bonds is 8. The van der Waals surface area contributed by atoms with Gasteiger partial charge in [0.1, 0.15) is 0 Å². The molecule has 23 heavy (non-hydrogen) atoms. The molecule has 0 spiro atoms. The van der Waals surface area contributed by atoms with Crippen molar-refractivity contribution >= 4 is 35.8 Å². The van der Waals surface area contributed by atoms with Crippen LogP contribution in [-0.2, 0) is 4.79 Å². The van der Waals surface area contributed by atoms with Crippen molar-refractivity contribution in [2.24, 2.45) is 4.99 Å². The van der Waals surface area contributed by atoms with Crippen molar-refractivity contribution in [3.8, 4) is 0 Å². The first kappa shape index (κ1) is 22.4. The van der Waals surface area contributed by atoms with Crippen molar-refractivity contribution in [2.75, 3.05) is 46.3 Å². The molecule has 7 heteroatoms. The van der Waals surface area contributed by atoms with Gasteiger partial charge in [-0.25, -0.2) is 0 Å². The van der Waals surface area contributed by atoms with Crippen LogP contribution in [-0.4, -0.2) is 74.0 Å². The first-order valence-electron chi connectivity index (χ1n) is 8.61. The maximum absolute atomic E-state index is 11.5. The molecule has 1 atom stereocenters. The molecule has 0 aromatic carbocycles. The van der Waals surface area contributed by atoms with Gasteiger partial charge in [0.05, 0.1) is 6.54 Å². The van der Waals surface area contributed by atoms with E-state index in [-0.39, 0.29) is 29.9 Å². The number of hydrogen-bond acceptors (Lipinski definition) is 3. The number of carbonyl (C=O) groups is 1. The van der Waals surface area contributed by atoms with Crippen LogP contribution < -0.4 is 10.6 Å². The van der Waals surface area contributed by atoms with Gasteiger partial charge >= 0.3 is 0 Å². The van der Waals surface area contributed by atoms with Gasteiger partial charge in [0.25, 0.3) is 0 Å². The molecule has 0 aliphatic carbocycles. The van der Waals surface area contributed by atoms with Crippen molar-refractivity contribution in [3.63, 3.8) is 0 Å². The van der Waals surface area contributed by atoms with Crippen LogP contribution in [0.15, 0.2) is 4.99 Å². The highest BCUT2D eigenvalue weighted by atomic mass is 127. The number of piperidine rings is 1. The van der Waals surface area contributed by atoms with Gasteiger partial charge < -0.3 is 20.4 Å². The van der Waals surface area contributed by atoms with Gasteiger partial charge in [0.2, 0.25) is 5.91 Å². The number of nitrogens with zero attached hydrogens (tertiary/aromatic N) is 3. The molecule has 0 bridgehead atoms. The molecule has 1 saturated heterocycles. The van der Waals surface area contributed by atoms with Crippen LogP contribution in [0, 0.1) is 0 Å². The summed E-state index contributed by atoms with van der Waals surface area (Å²) < 4.78 is 0. The Bertz CT molecular complexity index is 364. The van der Waals surface area contributed by atoms with E-state index in [0.29, 0.717) is 12.5 Å². The van der Waals surface area contributed by atoms with Gasteiger partial charge in [-0.3, -0.25) is 9.79 Å². The Morgan fingerprint density at radius 3 is 2.65 bits per heavy atom. The smallest absolute Gasteiger partial charge is 0.222 e. The molecule has 0 saturated carbocycles. The number of hydrogen-bond donors (Lipinski definition) is 2. The van der Waals surface area contributed by atoms with Crippen LogP contribution in [0.2, 0.25) is 0 Å². The Morgan fingerprint density at radius 1 is 1.35 bits per heavy atom. The fourth-order valence-corrected chi connectivity index (χ4v) is 2.69. The quantitative estimate of drug-likeness (QED) is 0.342. The summed E-state index contributed by atoms with van der Waals surface area (Å²) >= 11 is 0. The van der Waals surface area contributed by atoms with Crippen molar-refractivity contribution < 1.29 is 4.79 Å². The molecule has 1 aliphatic rings. The first-order chi connectivity index (χ1) is 10.6. The monoisotopic (exact) mass is 439 g/mol. The number of likely N-dealkylation sites (tertiary alicyclic amines) is 1. The Morgan fingerprint density at radius 2 is 2.09 bits per heavy atom. The third kappa shape index (κ3) is 8.74. The van der Waals surface area contributed by atoms with E-state index < -0.39 is 0 Å². The summed E-state index contributed by atoms with van der Waals surface area (Å²) in [5, 5.41) is 6.75. The second-order valence-electron chi connectivity index (χ2n) is 5.85. The van der Waals surface area contributed by atoms with E-state index in [4.69, 9.17) is 0 Å². The highest BCUT2D eigenvalue weighted by molar-refractivity contribution is 14.0. The lowest BCUT2D eigenvalue weighted by Gasteiger charge is -2.31. The third-order valence-corrected chi connectivity index (χ3v) is 3.98. The molecule has 2 N–H and O–H groups in total. The minimum Gasteiger partial charge on any atom is -0.357 e. The molecule has 0 aromatic heterocycles. The van der Waals surface area contributed by atoms with Gasteiger partial charge in [0, 0.05) is 39.1 Å². The SMILES string of the molecule is CCCN(CC)CCN=C(NCC)NC1CCC(=O)N(C)C1.I. The zero-order chi connectivity index (χ0) is 16.4. The van der Waals surface area contributed by atoms with E-state index >= 15 is 0 Å². The molecular weight excluding hydrogens is 405 g/mol. The standard InChI is InChI=1S/C16H33N5O.HI/c1-5-11-21(7-3)12-10-18-16(17-6-2)19-14-8-9-15(22)20(4)13-14;/h14H,5-13H2,1-4H3,(H2,17,18,19);1H. The number of amides is 1. The molecule has 1 aliphatic heterocycles. The van der Waals surface area contributed by atoms with Gasteiger partial charge in [-0.2, -0.15) is 0 Å². The number of guanidine groups is 1. The summed E-state index contributed by atoms with van der Waals surface area (Å²) in [5.74, 6) is 1.10. The highest BCUT2D eigenvalue weighted by Crippen LogP contribution is 2.09. The molecule has 6 nitrogen and oxygen atoms in total. The predicted molar refractivity (Wildman–Crippen MR) is 108 cm³/mol. The van der Waals surface area contributed by atoms with Crippen LogP contribution in [0.5, 0.6) is 0 Å². The van der Waals surface area contributed by atoms with Gasteiger partial charge in [-0.05, 0) is 32.9 Å². The summed E-state index contributed by atoms with van der Waals surface area (Å²) in [6.45, 7) is 12.1. The second kappa shape index (κ2) is 12.8. The molecule has 0 radical (unpaired) electrons. The summed E-state index contributed by atoms with van der Waals surface area (Å²) in [7, 11) is 1.87. The van der Waals surface area contributed by atoms with Crippen molar-refractivity contribution in [3.05, 3.63) is 0 Å². The lowest BCUT2D eigenvalue weighted by molar-refractivity contribution is -0.132. The lowest BCUT2D eigenvalue weighted by Crippen LogP contribution is -2.51. The Kier molecular flexibility index (Phi) is 12.5. The van der Waals surface area contributed by atoms with E-state index in [1.54, 1.807) is 4.90 Å². The minimum atomic E-state index is 0. The highest BCUT2D eigenvalue weighted by Gasteiger charge is 2.23. The number of likely N-dealkylation sites (N-methyl/N-ethyl adjacent to an activating group) is 2. The fourth-order valence-electron chi connectivity index (χ4n) is 2.69. The zero-order valence-corrected chi connectivity index (χ0v) is 17.4. The molecule has 136 valence electrons. The Hall–Kier alpha value is -0.570. The van der Waals surface area contributed by atoms with Crippen molar-refractivity contribution in [1.82, 2.24) is 20.4 Å². The van der Waals surface area contributed by atoms with E-state index in [1.165, 1.54) is 6.42 Å². The normalized spacial score (nSPS) is 18.8. The van der Waals surface area contributed by atoms with Crippen LogP contribution in [0.3, 0.4) is 0 Å². The Balaban J connectivity index is 0.00000484. The molecule has 1 rings (SSSR count). The lowest BCUT2D eigenvalue weighted by atomic mass is 10.1. The summed E-state index contributed by atoms with van der Waals surface area (Å²) in [5.41, 5.74) is 0. The van der Waals surface area contributed by atoms with E-state index in [2.05, 4.69) is 41.3 Å². The fraction of sp³-hybridized carbons (Fsp3) is 0.875. The summed E-state index contributed by atoms with van der Waals surface area (Å²) in [6.07, 6.45) is 2.68. The van der Waals surface area contributed by atoms with Crippen LogP contribution in [0.1, 0.15) is 40.0 Å². The maximum atomic E-state index is 11.5. The first-order valence-corrected chi connectivity index (χ1v) is 8.61. The predicted octanol–water partition coefficient (Wildman–Crippen LogP) is 1.51. The summed E-state index contributed by atoms with van der Waals surface area (Å²) in [6, 6.07) is 0.290. The number of aliphatic imine (C=N–C) groups is 1. The third-order valence-electron chi connectivity index (χ3n) is 3.98. The second-order valence-corrected chi connectivity index (χ2v) is 5.85. The Labute approximate surface area is 158 Å². The topological polar surface area (TPSA) is 60.0 Å². The van der Waals surface area contributed by atoms with Crippen molar-refractivity contribution in [2.45, 2.75) is 46.1 Å². The number of halogens is 1. The number of nitrogens with one attached hydrogen (secondary N) is 2. The van der Waals surface area contributed by atoms with E-state index in [0.717, 1.165) is 51.6 Å². The van der Waals surface area contributed by atoms with Gasteiger partial charge in [0.15, 0.2) is 5.96 Å². The van der Waals surface area contributed by atoms with Crippen LogP contribution in [0.4, 0.5) is 0 Å². The van der Waals surface area contributed by atoms with Crippen molar-refractivity contribution in [1.29, 1.82) is 0 Å². The average Bonchev–Trinajstić information content (AvgIpc) is 2.50. The molecule has 0 aromatic rings. The summed E-state index contributed by atoms with van der Waals surface area (Å²) in [4.78, 5) is 20.4. The van der Waals surface area contributed by atoms with Gasteiger partial charge in [-0.15, -0.1) is 24.0 Å². The van der Waals surface area contributed by atoms with Gasteiger partial charge in [-0.1, -0.05) is 13.8 Å². The van der Waals surface area contributed by atoms with E-state index in [1.807, 2.05) is 7.05 Å². The van der Waals surface area contributed by atoms with Crippen LogP contribution in [0.25, 0.3) is 0 Å². The molecule has 1 fully saturated rings. The number of carbonyl (C=O) groups excluding carboxylic acids is 1. The molecule has 1 unspecified atom stereocenters. The average molecular weight is 439 g/mol. The molecular formula is C16H34IN5O.